The van der Waals surface area contributed by atoms with E-state index >= 15 is 0 Å². The van der Waals surface area contributed by atoms with Gasteiger partial charge < -0.3 is 10.1 Å². The average Bonchev–Trinajstić information content (AvgIpc) is 2.80. The highest BCUT2D eigenvalue weighted by molar-refractivity contribution is 5.45. The summed E-state index contributed by atoms with van der Waals surface area (Å²) in [5.41, 5.74) is 2.64. The normalized spacial score (nSPS) is 22.6. The lowest BCUT2D eigenvalue weighted by Gasteiger charge is -2.28. The fourth-order valence-corrected chi connectivity index (χ4v) is 3.89. The predicted molar refractivity (Wildman–Crippen MR) is 87.7 cm³/mol. The van der Waals surface area contributed by atoms with Crippen molar-refractivity contribution in [3.63, 3.8) is 0 Å². The lowest BCUT2D eigenvalue weighted by Crippen LogP contribution is -2.34. The van der Waals surface area contributed by atoms with Crippen LogP contribution in [0.1, 0.15) is 64.0 Å². The van der Waals surface area contributed by atoms with Crippen LogP contribution in [0.25, 0.3) is 0 Å². The molecule has 1 aliphatic heterocycles. The maximum Gasteiger partial charge on any atom is 0.127 e. The Kier molecular flexibility index (Phi) is 4.26. The van der Waals surface area contributed by atoms with Gasteiger partial charge in [-0.3, -0.25) is 0 Å². The second-order valence-corrected chi connectivity index (χ2v) is 7.51. The van der Waals surface area contributed by atoms with Gasteiger partial charge in [-0.05, 0) is 45.1 Å². The number of para-hydroxylation sites is 1. The molecule has 0 spiro atoms. The van der Waals surface area contributed by atoms with Gasteiger partial charge >= 0.3 is 0 Å². The molecule has 2 nitrogen and oxygen atoms in total. The monoisotopic (exact) mass is 287 g/mol. The van der Waals surface area contributed by atoms with E-state index in [1.807, 2.05) is 0 Å². The number of hydrogen-bond donors (Lipinski definition) is 1. The summed E-state index contributed by atoms with van der Waals surface area (Å²) in [6.45, 7) is 7.63. The second kappa shape index (κ2) is 6.00. The Labute approximate surface area is 129 Å². The van der Waals surface area contributed by atoms with Gasteiger partial charge in [0.15, 0.2) is 0 Å². The van der Waals surface area contributed by atoms with Crippen LogP contribution in [-0.4, -0.2) is 11.6 Å². The fraction of sp³-hybridized carbons (Fsp3) is 0.684. The molecule has 1 unspecified atom stereocenters. The van der Waals surface area contributed by atoms with Crippen molar-refractivity contribution in [2.45, 2.75) is 77.5 Å². The Balaban J connectivity index is 1.63. The van der Waals surface area contributed by atoms with Crippen LogP contribution in [0.15, 0.2) is 18.2 Å². The van der Waals surface area contributed by atoms with Gasteiger partial charge in [0.1, 0.15) is 11.4 Å². The van der Waals surface area contributed by atoms with Crippen molar-refractivity contribution in [3.8, 4) is 5.75 Å². The van der Waals surface area contributed by atoms with Crippen molar-refractivity contribution in [2.75, 3.05) is 0 Å². The summed E-state index contributed by atoms with van der Waals surface area (Å²) in [7, 11) is 0. The molecule has 2 aliphatic rings. The number of ether oxygens (including phenoxy) is 1. The first-order valence-corrected chi connectivity index (χ1v) is 8.58. The molecular formula is C19H29NO. The minimum absolute atomic E-state index is 0.0482. The summed E-state index contributed by atoms with van der Waals surface area (Å²) < 4.78 is 6.16. The van der Waals surface area contributed by atoms with Gasteiger partial charge in [0.05, 0.1) is 0 Å². The molecule has 2 heteroatoms. The standard InChI is InChI=1S/C19H29NO/c1-14(15-8-5-4-6-9-15)20-13-17-11-7-10-16-12-19(2,3)21-18(16)17/h7,10-11,14-15,20H,4-6,8-9,12-13H2,1-3H3. The quantitative estimate of drug-likeness (QED) is 0.883. The molecule has 116 valence electrons. The van der Waals surface area contributed by atoms with Crippen LogP contribution in [0.2, 0.25) is 0 Å². The van der Waals surface area contributed by atoms with Crippen LogP contribution >= 0.6 is 0 Å². The molecule has 1 atom stereocenters. The van der Waals surface area contributed by atoms with Crippen LogP contribution < -0.4 is 10.1 Å². The summed E-state index contributed by atoms with van der Waals surface area (Å²) in [4.78, 5) is 0. The molecule has 1 aliphatic carbocycles. The van der Waals surface area contributed by atoms with Crippen molar-refractivity contribution in [2.24, 2.45) is 5.92 Å². The summed E-state index contributed by atoms with van der Waals surface area (Å²) in [5, 5.41) is 3.75. The number of nitrogens with one attached hydrogen (secondary N) is 1. The fourth-order valence-electron chi connectivity index (χ4n) is 3.89. The number of benzene rings is 1. The zero-order valence-electron chi connectivity index (χ0n) is 13.7. The Morgan fingerprint density at radius 3 is 2.76 bits per heavy atom. The van der Waals surface area contributed by atoms with E-state index < -0.39 is 0 Å². The van der Waals surface area contributed by atoms with E-state index in [1.165, 1.54) is 43.2 Å². The van der Waals surface area contributed by atoms with Gasteiger partial charge in [0, 0.05) is 24.6 Å². The average molecular weight is 287 g/mol. The lowest BCUT2D eigenvalue weighted by molar-refractivity contribution is 0.137. The first-order chi connectivity index (χ1) is 10.1. The summed E-state index contributed by atoms with van der Waals surface area (Å²) in [5.74, 6) is 1.98. The third-order valence-electron chi connectivity index (χ3n) is 5.14. The summed E-state index contributed by atoms with van der Waals surface area (Å²) in [6, 6.07) is 7.20. The minimum Gasteiger partial charge on any atom is -0.487 e. The third-order valence-corrected chi connectivity index (χ3v) is 5.14. The highest BCUT2D eigenvalue weighted by atomic mass is 16.5. The zero-order chi connectivity index (χ0) is 14.9. The second-order valence-electron chi connectivity index (χ2n) is 7.51. The van der Waals surface area contributed by atoms with Crippen molar-refractivity contribution >= 4 is 0 Å². The van der Waals surface area contributed by atoms with E-state index in [2.05, 4.69) is 44.3 Å². The Bertz CT molecular complexity index is 488. The van der Waals surface area contributed by atoms with Crippen LogP contribution in [0.3, 0.4) is 0 Å². The van der Waals surface area contributed by atoms with E-state index in [0.29, 0.717) is 6.04 Å². The van der Waals surface area contributed by atoms with Gasteiger partial charge in [-0.25, -0.2) is 0 Å². The molecule has 1 aromatic carbocycles. The summed E-state index contributed by atoms with van der Waals surface area (Å²) in [6.07, 6.45) is 8.06. The molecule has 0 radical (unpaired) electrons. The molecule has 0 bridgehead atoms. The molecule has 1 saturated carbocycles. The number of fused-ring (bicyclic) bond motifs is 1. The van der Waals surface area contributed by atoms with E-state index in [1.54, 1.807) is 0 Å². The van der Waals surface area contributed by atoms with Gasteiger partial charge in [-0.15, -0.1) is 0 Å². The van der Waals surface area contributed by atoms with Crippen LogP contribution in [-0.2, 0) is 13.0 Å². The third kappa shape index (κ3) is 3.42. The Hall–Kier alpha value is -1.02. The van der Waals surface area contributed by atoms with Crippen LogP contribution in [0.5, 0.6) is 5.75 Å². The molecule has 0 aromatic heterocycles. The molecule has 1 heterocycles. The van der Waals surface area contributed by atoms with Crippen molar-refractivity contribution in [1.82, 2.24) is 5.32 Å². The Morgan fingerprint density at radius 1 is 1.24 bits per heavy atom. The van der Waals surface area contributed by atoms with Crippen molar-refractivity contribution < 1.29 is 4.74 Å². The lowest BCUT2D eigenvalue weighted by atomic mass is 9.84. The zero-order valence-corrected chi connectivity index (χ0v) is 13.7. The molecule has 1 fully saturated rings. The number of rotatable bonds is 4. The van der Waals surface area contributed by atoms with E-state index in [0.717, 1.165) is 24.6 Å². The molecular weight excluding hydrogens is 258 g/mol. The smallest absolute Gasteiger partial charge is 0.127 e. The SMILES string of the molecule is CC(NCc1cccc2c1OC(C)(C)C2)C1CCCCC1. The molecule has 1 aromatic rings. The highest BCUT2D eigenvalue weighted by Crippen LogP contribution is 2.37. The first kappa shape index (κ1) is 14.9. The van der Waals surface area contributed by atoms with Gasteiger partial charge in [0.2, 0.25) is 0 Å². The topological polar surface area (TPSA) is 21.3 Å². The van der Waals surface area contributed by atoms with Crippen molar-refractivity contribution in [3.05, 3.63) is 29.3 Å². The predicted octanol–water partition coefficient (Wildman–Crippen LogP) is 4.46. The molecule has 0 amide bonds. The largest absolute Gasteiger partial charge is 0.487 e. The van der Waals surface area contributed by atoms with Crippen molar-refractivity contribution in [1.29, 1.82) is 0 Å². The van der Waals surface area contributed by atoms with E-state index in [4.69, 9.17) is 4.74 Å². The van der Waals surface area contributed by atoms with Crippen LogP contribution in [0, 0.1) is 5.92 Å². The molecule has 1 N–H and O–H groups in total. The number of hydrogen-bond acceptors (Lipinski definition) is 2. The van der Waals surface area contributed by atoms with Crippen LogP contribution in [0.4, 0.5) is 0 Å². The highest BCUT2D eigenvalue weighted by Gasteiger charge is 2.31. The minimum atomic E-state index is -0.0482. The first-order valence-electron chi connectivity index (χ1n) is 8.58. The molecule has 3 rings (SSSR count). The maximum atomic E-state index is 6.16. The maximum absolute atomic E-state index is 6.16. The van der Waals surface area contributed by atoms with E-state index in [-0.39, 0.29) is 5.60 Å². The van der Waals surface area contributed by atoms with Gasteiger partial charge in [-0.1, -0.05) is 37.5 Å². The van der Waals surface area contributed by atoms with Gasteiger partial charge in [-0.2, -0.15) is 0 Å². The summed E-state index contributed by atoms with van der Waals surface area (Å²) >= 11 is 0. The molecule has 0 saturated heterocycles. The Morgan fingerprint density at radius 2 is 2.00 bits per heavy atom. The molecule has 21 heavy (non-hydrogen) atoms. The van der Waals surface area contributed by atoms with E-state index in [9.17, 15) is 0 Å². The van der Waals surface area contributed by atoms with Gasteiger partial charge in [0.25, 0.3) is 0 Å².